The fraction of sp³-hybridized carbons (Fsp3) is 0.120. The van der Waals surface area contributed by atoms with E-state index in [1.165, 1.54) is 4.90 Å². The summed E-state index contributed by atoms with van der Waals surface area (Å²) < 4.78 is 5.48. The molecule has 4 rings (SSSR count). The lowest BCUT2D eigenvalue weighted by molar-refractivity contribution is -0.120. The number of methoxy groups -OCH3 is 1. The molecular weight excluding hydrogens is 376 g/mol. The van der Waals surface area contributed by atoms with E-state index in [1.54, 1.807) is 25.3 Å². The van der Waals surface area contributed by atoms with Crippen LogP contribution in [0.4, 0.5) is 11.4 Å². The van der Waals surface area contributed by atoms with Crippen molar-refractivity contribution in [3.05, 3.63) is 95.2 Å². The molecule has 30 heavy (non-hydrogen) atoms. The van der Waals surface area contributed by atoms with Crippen molar-refractivity contribution in [3.63, 3.8) is 0 Å². The van der Waals surface area contributed by atoms with Gasteiger partial charge in [-0.1, -0.05) is 48.5 Å². The van der Waals surface area contributed by atoms with E-state index in [1.807, 2.05) is 68.4 Å². The van der Waals surface area contributed by atoms with Gasteiger partial charge in [0.15, 0.2) is 0 Å². The topological polar surface area (TPSA) is 58.6 Å². The van der Waals surface area contributed by atoms with Crippen LogP contribution in [-0.4, -0.2) is 18.9 Å². The van der Waals surface area contributed by atoms with Gasteiger partial charge < -0.3 is 10.1 Å². The van der Waals surface area contributed by atoms with Crippen LogP contribution < -0.4 is 15.0 Å². The van der Waals surface area contributed by atoms with Crippen LogP contribution in [0.15, 0.2) is 78.5 Å². The van der Waals surface area contributed by atoms with Crippen molar-refractivity contribution in [2.24, 2.45) is 0 Å². The summed E-state index contributed by atoms with van der Waals surface area (Å²) in [6.45, 7) is 3.88. The quantitative estimate of drug-likeness (QED) is 0.633. The minimum atomic E-state index is -0.394. The molecule has 0 saturated carbocycles. The largest absolute Gasteiger partial charge is 0.496 e. The van der Waals surface area contributed by atoms with Crippen molar-refractivity contribution in [3.8, 4) is 5.75 Å². The fourth-order valence-electron chi connectivity index (χ4n) is 3.60. The van der Waals surface area contributed by atoms with Gasteiger partial charge in [0.2, 0.25) is 0 Å². The normalized spacial score (nSPS) is 13.8. The first-order valence-electron chi connectivity index (χ1n) is 9.67. The van der Waals surface area contributed by atoms with Crippen molar-refractivity contribution in [2.75, 3.05) is 17.3 Å². The Morgan fingerprint density at radius 2 is 1.57 bits per heavy atom. The van der Waals surface area contributed by atoms with Gasteiger partial charge in [0.05, 0.1) is 18.4 Å². The number of carbonyl (C=O) groups is 2. The van der Waals surface area contributed by atoms with E-state index < -0.39 is 5.91 Å². The SMILES string of the molecule is COc1ccccc1C1=C(Nc2ccccc2C)C(=O)N(c2cccc(C)c2)C1=O. The van der Waals surface area contributed by atoms with E-state index in [0.717, 1.165) is 16.8 Å². The van der Waals surface area contributed by atoms with Gasteiger partial charge in [0.1, 0.15) is 11.4 Å². The van der Waals surface area contributed by atoms with E-state index in [-0.39, 0.29) is 11.6 Å². The van der Waals surface area contributed by atoms with Gasteiger partial charge in [-0.3, -0.25) is 9.59 Å². The molecule has 3 aromatic rings. The Bertz CT molecular complexity index is 1180. The Hall–Kier alpha value is -3.86. The van der Waals surface area contributed by atoms with Crippen molar-refractivity contribution in [2.45, 2.75) is 13.8 Å². The summed E-state index contributed by atoms with van der Waals surface area (Å²) in [6, 6.07) is 22.2. The summed E-state index contributed by atoms with van der Waals surface area (Å²) >= 11 is 0. The lowest BCUT2D eigenvalue weighted by atomic mass is 10.0. The van der Waals surface area contributed by atoms with Crippen LogP contribution in [-0.2, 0) is 9.59 Å². The predicted octanol–water partition coefficient (Wildman–Crippen LogP) is 4.71. The van der Waals surface area contributed by atoms with Crippen LogP contribution in [0.1, 0.15) is 16.7 Å². The zero-order valence-electron chi connectivity index (χ0n) is 17.1. The molecule has 0 aliphatic carbocycles. The third-order valence-electron chi connectivity index (χ3n) is 5.12. The van der Waals surface area contributed by atoms with E-state index in [9.17, 15) is 9.59 Å². The molecule has 150 valence electrons. The maximum absolute atomic E-state index is 13.5. The lowest BCUT2D eigenvalue weighted by Gasteiger charge is -2.16. The number of amides is 2. The van der Waals surface area contributed by atoms with Gasteiger partial charge in [0.25, 0.3) is 11.8 Å². The van der Waals surface area contributed by atoms with Crippen LogP contribution in [0, 0.1) is 13.8 Å². The number of imide groups is 1. The average molecular weight is 398 g/mol. The minimum absolute atomic E-state index is 0.236. The Morgan fingerprint density at radius 1 is 0.833 bits per heavy atom. The molecule has 0 aromatic heterocycles. The third-order valence-corrected chi connectivity index (χ3v) is 5.12. The molecular formula is C25H22N2O3. The van der Waals surface area contributed by atoms with Crippen molar-refractivity contribution in [1.82, 2.24) is 0 Å². The standard InChI is InChI=1S/C25H22N2O3/c1-16-9-8-11-18(15-16)27-24(28)22(19-12-5-7-14-21(19)30-3)23(25(27)29)26-20-13-6-4-10-17(20)2/h4-15,26H,1-3H3. The van der Waals surface area contributed by atoms with Crippen molar-refractivity contribution in [1.29, 1.82) is 0 Å². The van der Waals surface area contributed by atoms with E-state index >= 15 is 0 Å². The van der Waals surface area contributed by atoms with Gasteiger partial charge >= 0.3 is 0 Å². The molecule has 0 radical (unpaired) electrons. The first-order chi connectivity index (χ1) is 14.5. The molecule has 1 aliphatic rings. The Morgan fingerprint density at radius 3 is 2.30 bits per heavy atom. The summed E-state index contributed by atoms with van der Waals surface area (Å²) in [5.41, 5.74) is 4.35. The number of nitrogens with zero attached hydrogens (tertiary/aromatic N) is 1. The molecule has 0 spiro atoms. The first kappa shape index (κ1) is 19.5. The van der Waals surface area contributed by atoms with Crippen LogP contribution in [0.2, 0.25) is 0 Å². The Balaban J connectivity index is 1.89. The number of carbonyl (C=O) groups excluding carboxylic acids is 2. The highest BCUT2D eigenvalue weighted by Crippen LogP contribution is 2.37. The van der Waals surface area contributed by atoms with Gasteiger partial charge in [-0.15, -0.1) is 0 Å². The molecule has 0 atom stereocenters. The smallest absolute Gasteiger partial charge is 0.282 e. The first-order valence-corrected chi connectivity index (χ1v) is 9.67. The summed E-state index contributed by atoms with van der Waals surface area (Å²) in [4.78, 5) is 28.2. The monoisotopic (exact) mass is 398 g/mol. The van der Waals surface area contributed by atoms with Crippen LogP contribution in [0.5, 0.6) is 5.75 Å². The van der Waals surface area contributed by atoms with Crippen LogP contribution >= 0.6 is 0 Å². The van der Waals surface area contributed by atoms with Crippen LogP contribution in [0.3, 0.4) is 0 Å². The maximum atomic E-state index is 13.5. The molecule has 1 aliphatic heterocycles. The highest BCUT2D eigenvalue weighted by Gasteiger charge is 2.41. The van der Waals surface area contributed by atoms with Gasteiger partial charge in [-0.25, -0.2) is 4.90 Å². The zero-order chi connectivity index (χ0) is 21.3. The fourth-order valence-corrected chi connectivity index (χ4v) is 3.60. The number of benzene rings is 3. The Kier molecular flexibility index (Phi) is 5.11. The number of para-hydroxylation sites is 2. The number of ether oxygens (including phenoxy) is 1. The summed E-state index contributed by atoms with van der Waals surface area (Å²) in [7, 11) is 1.55. The molecule has 1 heterocycles. The Labute approximate surface area is 175 Å². The third kappa shape index (κ3) is 3.35. The van der Waals surface area contributed by atoms with Gasteiger partial charge in [-0.2, -0.15) is 0 Å². The summed E-state index contributed by atoms with van der Waals surface area (Å²) in [5, 5.41) is 3.22. The number of nitrogens with one attached hydrogen (secondary N) is 1. The average Bonchev–Trinajstić information content (AvgIpc) is 2.99. The van der Waals surface area contributed by atoms with E-state index in [4.69, 9.17) is 4.74 Å². The summed E-state index contributed by atoms with van der Waals surface area (Å²) in [6.07, 6.45) is 0. The highest BCUT2D eigenvalue weighted by molar-refractivity contribution is 6.46. The second-order valence-electron chi connectivity index (χ2n) is 7.17. The van der Waals surface area contributed by atoms with Crippen molar-refractivity contribution < 1.29 is 14.3 Å². The number of hydrogen-bond donors (Lipinski definition) is 1. The van der Waals surface area contributed by atoms with Gasteiger partial charge in [-0.05, 0) is 49.2 Å². The molecule has 2 amide bonds. The molecule has 0 saturated heterocycles. The van der Waals surface area contributed by atoms with E-state index in [0.29, 0.717) is 22.6 Å². The molecule has 5 heteroatoms. The lowest BCUT2D eigenvalue weighted by Crippen LogP contribution is -2.32. The van der Waals surface area contributed by atoms with E-state index in [2.05, 4.69) is 5.32 Å². The molecule has 0 bridgehead atoms. The molecule has 0 unspecified atom stereocenters. The molecule has 5 nitrogen and oxygen atoms in total. The van der Waals surface area contributed by atoms with Crippen LogP contribution in [0.25, 0.3) is 5.57 Å². The highest BCUT2D eigenvalue weighted by atomic mass is 16.5. The number of aryl methyl sites for hydroxylation is 2. The van der Waals surface area contributed by atoms with Crippen molar-refractivity contribution >= 4 is 28.8 Å². The molecule has 0 fully saturated rings. The number of hydrogen-bond acceptors (Lipinski definition) is 4. The summed E-state index contributed by atoms with van der Waals surface area (Å²) in [5.74, 6) is -0.246. The minimum Gasteiger partial charge on any atom is -0.496 e. The second-order valence-corrected chi connectivity index (χ2v) is 7.17. The second kappa shape index (κ2) is 7.87. The van der Waals surface area contributed by atoms with Gasteiger partial charge in [0, 0.05) is 11.3 Å². The number of anilines is 2. The number of rotatable bonds is 5. The maximum Gasteiger partial charge on any atom is 0.282 e. The predicted molar refractivity (Wildman–Crippen MR) is 118 cm³/mol. The molecule has 1 N–H and O–H groups in total. The molecule has 3 aromatic carbocycles. The zero-order valence-corrected chi connectivity index (χ0v) is 17.1.